The Morgan fingerprint density at radius 1 is 1.19 bits per heavy atom. The second-order valence-corrected chi connectivity index (χ2v) is 11.0. The first-order valence-corrected chi connectivity index (χ1v) is 12.7. The molecule has 0 fully saturated rings. The normalized spacial score (nSPS) is 13.2. The van der Waals surface area contributed by atoms with Crippen LogP contribution in [0.5, 0.6) is 0 Å². The Bertz CT molecular complexity index is 1110. The average molecular weight is 512 g/mol. The van der Waals surface area contributed by atoms with Gasteiger partial charge in [-0.05, 0) is 56.4 Å². The third-order valence-electron chi connectivity index (χ3n) is 4.53. The molecule has 6 nitrogen and oxygen atoms in total. The monoisotopic (exact) mass is 510 g/mol. The van der Waals surface area contributed by atoms with Crippen molar-refractivity contribution in [2.45, 2.75) is 11.8 Å². The van der Waals surface area contributed by atoms with Gasteiger partial charge in [0.25, 0.3) is 0 Å². The largest absolute Gasteiger partial charge is 0.382 e. The molecule has 0 radical (unpaired) electrons. The molecule has 0 aliphatic rings. The van der Waals surface area contributed by atoms with Crippen molar-refractivity contribution in [3.8, 4) is 0 Å². The van der Waals surface area contributed by atoms with Gasteiger partial charge in [-0.1, -0.05) is 47.5 Å². The average Bonchev–Trinajstić information content (AvgIpc) is 3.07. The number of hydrogen-bond acceptors (Lipinski definition) is 7. The van der Waals surface area contributed by atoms with E-state index >= 15 is 0 Å². The van der Waals surface area contributed by atoms with Crippen molar-refractivity contribution in [2.75, 3.05) is 37.4 Å². The zero-order valence-corrected chi connectivity index (χ0v) is 21.0. The third-order valence-corrected chi connectivity index (χ3v) is 7.82. The van der Waals surface area contributed by atoms with Crippen molar-refractivity contribution in [1.82, 2.24) is 9.88 Å². The lowest BCUT2D eigenvalue weighted by atomic mass is 10.1. The highest BCUT2D eigenvalue weighted by Gasteiger charge is 2.22. The first-order chi connectivity index (χ1) is 15.2. The molecule has 0 saturated heterocycles. The molecule has 0 saturated carbocycles. The molecule has 10 heteroatoms. The molecule has 0 bridgehead atoms. The molecular weight excluding hydrogens is 487 g/mol. The summed E-state index contributed by atoms with van der Waals surface area (Å²) in [6.07, 6.45) is 0. The molecule has 2 atom stereocenters. The van der Waals surface area contributed by atoms with Gasteiger partial charge in [-0.2, -0.15) is 0 Å². The molecule has 0 amide bonds. The standard InChI is InChI=1S/C22H24Cl2N4O2S2/c1-13(11-28(2)3)12-32(30)15-9-7-14(8-10-15)26-22-27-21(25)20(31-22)19(29)18-16(23)5-4-6-17(18)24/h4-10,13H,11-12,25H2,1-3H3,(H,26,27). The zero-order valence-electron chi connectivity index (χ0n) is 17.9. The number of nitrogen functional groups attached to an aromatic ring is 1. The summed E-state index contributed by atoms with van der Waals surface area (Å²) in [6, 6.07) is 12.2. The Morgan fingerprint density at radius 2 is 1.81 bits per heavy atom. The number of nitrogens with zero attached hydrogens (tertiary/aromatic N) is 2. The lowest BCUT2D eigenvalue weighted by molar-refractivity contribution is 0.104. The van der Waals surface area contributed by atoms with Crippen molar-refractivity contribution in [1.29, 1.82) is 0 Å². The number of thiazole rings is 1. The molecule has 32 heavy (non-hydrogen) atoms. The maximum Gasteiger partial charge on any atom is 0.209 e. The number of rotatable bonds is 9. The molecule has 170 valence electrons. The summed E-state index contributed by atoms with van der Waals surface area (Å²) in [6.45, 7) is 2.98. The predicted molar refractivity (Wildman–Crippen MR) is 135 cm³/mol. The molecule has 3 aromatic rings. The van der Waals surface area contributed by atoms with Gasteiger partial charge in [0.05, 0.1) is 26.4 Å². The summed E-state index contributed by atoms with van der Waals surface area (Å²) in [5, 5.41) is 4.11. The second kappa shape index (κ2) is 10.8. The molecule has 0 aliphatic carbocycles. The van der Waals surface area contributed by atoms with E-state index in [-0.39, 0.29) is 32.1 Å². The fourth-order valence-electron chi connectivity index (χ4n) is 3.22. The quantitative estimate of drug-likeness (QED) is 0.379. The van der Waals surface area contributed by atoms with Crippen LogP contribution in [0.4, 0.5) is 16.6 Å². The van der Waals surface area contributed by atoms with Crippen LogP contribution in [0.15, 0.2) is 47.4 Å². The first-order valence-electron chi connectivity index (χ1n) is 9.81. The summed E-state index contributed by atoms with van der Waals surface area (Å²) in [4.78, 5) is 20.3. The van der Waals surface area contributed by atoms with Crippen molar-refractivity contribution in [3.05, 3.63) is 63.0 Å². The minimum atomic E-state index is -1.07. The zero-order chi connectivity index (χ0) is 23.4. The Hall–Kier alpha value is -1.97. The second-order valence-electron chi connectivity index (χ2n) is 7.69. The molecule has 0 spiro atoms. The van der Waals surface area contributed by atoms with Crippen LogP contribution >= 0.6 is 34.5 Å². The van der Waals surface area contributed by atoms with Crippen molar-refractivity contribution < 1.29 is 9.00 Å². The summed E-state index contributed by atoms with van der Waals surface area (Å²) in [5.74, 6) is 0.654. The number of anilines is 3. The number of nitrogens with one attached hydrogen (secondary N) is 1. The van der Waals surface area contributed by atoms with E-state index in [1.165, 1.54) is 0 Å². The van der Waals surface area contributed by atoms with Crippen molar-refractivity contribution in [2.24, 2.45) is 5.92 Å². The van der Waals surface area contributed by atoms with Crippen LogP contribution in [-0.2, 0) is 10.8 Å². The minimum Gasteiger partial charge on any atom is -0.382 e. The first kappa shape index (κ1) is 24.7. The fraction of sp³-hybridized carbons (Fsp3) is 0.273. The summed E-state index contributed by atoms with van der Waals surface area (Å²) in [7, 11) is 2.94. The Labute approximate surface area is 204 Å². The van der Waals surface area contributed by atoms with E-state index in [9.17, 15) is 9.00 Å². The van der Waals surface area contributed by atoms with Gasteiger partial charge in [-0.25, -0.2) is 4.98 Å². The van der Waals surface area contributed by atoms with Crippen molar-refractivity contribution >= 4 is 67.8 Å². The lowest BCUT2D eigenvalue weighted by Crippen LogP contribution is -2.23. The smallest absolute Gasteiger partial charge is 0.209 e. The topological polar surface area (TPSA) is 88.3 Å². The Kier molecular flexibility index (Phi) is 8.30. The van der Waals surface area contributed by atoms with Crippen molar-refractivity contribution in [3.63, 3.8) is 0 Å². The highest BCUT2D eigenvalue weighted by atomic mass is 35.5. The highest BCUT2D eigenvalue weighted by molar-refractivity contribution is 7.85. The van der Waals surface area contributed by atoms with Gasteiger partial charge < -0.3 is 16.0 Å². The van der Waals surface area contributed by atoms with Crippen LogP contribution in [0, 0.1) is 5.92 Å². The predicted octanol–water partition coefficient (Wildman–Crippen LogP) is 5.31. The highest BCUT2D eigenvalue weighted by Crippen LogP contribution is 2.34. The number of halogens is 2. The molecule has 3 N–H and O–H groups in total. The third kappa shape index (κ3) is 6.08. The molecule has 2 unspecified atom stereocenters. The maximum atomic E-state index is 12.9. The van der Waals surface area contributed by atoms with E-state index in [1.807, 2.05) is 38.4 Å². The number of carbonyl (C=O) groups excluding carboxylic acids is 1. The van der Waals surface area contributed by atoms with Crippen LogP contribution in [0.1, 0.15) is 22.2 Å². The lowest BCUT2D eigenvalue weighted by Gasteiger charge is -2.16. The van der Waals surface area contributed by atoms with E-state index in [0.29, 0.717) is 16.8 Å². The molecule has 0 aliphatic heterocycles. The molecule has 2 aromatic carbocycles. The number of hydrogen-bond donors (Lipinski definition) is 2. The van der Waals surface area contributed by atoms with Crippen LogP contribution in [0.25, 0.3) is 0 Å². The van der Waals surface area contributed by atoms with Gasteiger partial charge in [-0.15, -0.1) is 0 Å². The number of nitrogens with two attached hydrogens (primary N) is 1. The number of aromatic nitrogens is 1. The van der Waals surface area contributed by atoms with E-state index in [1.54, 1.807) is 18.2 Å². The van der Waals surface area contributed by atoms with Gasteiger partial charge in [-0.3, -0.25) is 9.00 Å². The Balaban J connectivity index is 1.71. The molecule has 1 aromatic heterocycles. The van der Waals surface area contributed by atoms with Gasteiger partial charge in [0.2, 0.25) is 5.78 Å². The van der Waals surface area contributed by atoms with E-state index in [0.717, 1.165) is 28.5 Å². The minimum absolute atomic E-state index is 0.103. The van der Waals surface area contributed by atoms with E-state index in [4.69, 9.17) is 28.9 Å². The van der Waals surface area contributed by atoms with Gasteiger partial charge in [0.15, 0.2) is 5.13 Å². The van der Waals surface area contributed by atoms with Crippen LogP contribution in [0.2, 0.25) is 10.0 Å². The number of benzene rings is 2. The summed E-state index contributed by atoms with van der Waals surface area (Å²) >= 11 is 13.4. The van der Waals surface area contributed by atoms with E-state index < -0.39 is 10.8 Å². The maximum absolute atomic E-state index is 12.9. The molecule has 1 heterocycles. The Morgan fingerprint density at radius 3 is 2.41 bits per heavy atom. The number of carbonyl (C=O) groups is 1. The van der Waals surface area contributed by atoms with Crippen LogP contribution in [-0.4, -0.2) is 46.3 Å². The van der Waals surface area contributed by atoms with Crippen LogP contribution in [0.3, 0.4) is 0 Å². The van der Waals surface area contributed by atoms with Gasteiger partial charge >= 0.3 is 0 Å². The summed E-state index contributed by atoms with van der Waals surface area (Å²) in [5.41, 5.74) is 6.93. The van der Waals surface area contributed by atoms with Gasteiger partial charge in [0.1, 0.15) is 10.7 Å². The van der Waals surface area contributed by atoms with Gasteiger partial charge in [0, 0.05) is 22.9 Å². The molecular formula is C22H24Cl2N4O2S2. The molecule has 3 rings (SSSR count). The van der Waals surface area contributed by atoms with Crippen LogP contribution < -0.4 is 11.1 Å². The SMILES string of the molecule is CC(CN(C)C)CS(=O)c1ccc(Nc2nc(N)c(C(=O)c3c(Cl)cccc3Cl)s2)cc1. The van der Waals surface area contributed by atoms with E-state index in [2.05, 4.69) is 22.1 Å². The summed E-state index contributed by atoms with van der Waals surface area (Å²) < 4.78 is 12.6. The fourth-order valence-corrected chi connectivity index (χ4v) is 5.90. The number of ketones is 1.